The van der Waals surface area contributed by atoms with Gasteiger partial charge in [-0.3, -0.25) is 0 Å². The smallest absolute Gasteiger partial charge is 0.181 e. The summed E-state index contributed by atoms with van der Waals surface area (Å²) in [5, 5.41) is 7.65. The third kappa shape index (κ3) is 4.66. The van der Waals surface area contributed by atoms with Crippen LogP contribution in [0, 0.1) is 0 Å². The van der Waals surface area contributed by atoms with Gasteiger partial charge >= 0.3 is 0 Å². The number of hydrogen-bond acceptors (Lipinski definition) is 9. The molecule has 0 radical (unpaired) electrons. The molecule has 2 aliphatic rings. The highest BCUT2D eigenvalue weighted by Gasteiger charge is 2.31. The van der Waals surface area contributed by atoms with Crippen molar-refractivity contribution in [3.63, 3.8) is 0 Å². The van der Waals surface area contributed by atoms with Crippen LogP contribution in [0.25, 0.3) is 98.8 Å². The van der Waals surface area contributed by atoms with Crippen LogP contribution in [0.5, 0.6) is 0 Å². The number of para-hydroxylation sites is 4. The maximum atomic E-state index is 5.60. The van der Waals surface area contributed by atoms with Crippen molar-refractivity contribution in [3.05, 3.63) is 152 Å². The van der Waals surface area contributed by atoms with Crippen LogP contribution in [0.1, 0.15) is 5.69 Å². The fourth-order valence-electron chi connectivity index (χ4n) is 7.91. The van der Waals surface area contributed by atoms with Crippen LogP contribution in [-0.2, 0) is 0 Å². The maximum Gasteiger partial charge on any atom is 0.181 e. The summed E-state index contributed by atoms with van der Waals surface area (Å²) in [5.41, 5.74) is 11.7. The van der Waals surface area contributed by atoms with Gasteiger partial charge in [0.25, 0.3) is 0 Å². The van der Waals surface area contributed by atoms with E-state index in [9.17, 15) is 0 Å². The first-order chi connectivity index (χ1) is 27.7. The summed E-state index contributed by atoms with van der Waals surface area (Å²) in [6, 6.07) is 28.7. The summed E-state index contributed by atoms with van der Waals surface area (Å²) in [4.78, 5) is 39.9. The third-order valence-electron chi connectivity index (χ3n) is 10.4. The Balaban J connectivity index is 1.30. The minimum atomic E-state index is 0.489. The Labute approximate surface area is 321 Å². The fourth-order valence-corrected chi connectivity index (χ4v) is 8.93. The SMILES string of the molecule is C1=CC2=C(c3nc4ccc(-n5ncc6ccccc65)c(-c5nc6ccccc6[nH]5)c4c(-c4nc5ccccc5s4)c3-c3ncc4[nH]cnc4n3)C=CCN2C=C1. The quantitative estimate of drug-likeness (QED) is 0.179. The molecule has 12 rings (SSSR count). The number of thiazole rings is 1. The number of aromatic nitrogens is 10. The summed E-state index contributed by atoms with van der Waals surface area (Å²) in [5.74, 6) is 1.17. The molecule has 2 aliphatic heterocycles. The second-order valence-corrected chi connectivity index (χ2v) is 14.7. The number of imidazole rings is 2. The number of rotatable bonds is 5. The number of fused-ring (bicyclic) bond motifs is 6. The lowest BCUT2D eigenvalue weighted by molar-refractivity contribution is 0.526. The molecule has 11 nitrogen and oxygen atoms in total. The predicted octanol–water partition coefficient (Wildman–Crippen LogP) is 9.39. The molecule has 0 fully saturated rings. The van der Waals surface area contributed by atoms with E-state index in [-0.39, 0.29) is 0 Å². The minimum absolute atomic E-state index is 0.489. The molecule has 0 saturated carbocycles. The van der Waals surface area contributed by atoms with Gasteiger partial charge in [-0.05, 0) is 54.6 Å². The van der Waals surface area contributed by atoms with Crippen molar-refractivity contribution in [2.75, 3.05) is 6.54 Å². The van der Waals surface area contributed by atoms with E-state index < -0.39 is 0 Å². The van der Waals surface area contributed by atoms with Gasteiger partial charge in [0.05, 0.1) is 79.2 Å². The average Bonchev–Trinajstić information content (AvgIpc) is 4.07. The van der Waals surface area contributed by atoms with Gasteiger partial charge in [-0.1, -0.05) is 60.7 Å². The molecule has 4 aromatic carbocycles. The van der Waals surface area contributed by atoms with Gasteiger partial charge in [-0.2, -0.15) is 5.10 Å². The zero-order valence-electron chi connectivity index (χ0n) is 29.4. The molecular formula is C44H27N11S. The van der Waals surface area contributed by atoms with Crippen molar-refractivity contribution in [1.82, 2.24) is 54.6 Å². The molecule has 0 unspecified atom stereocenters. The number of hydrogen-bond donors (Lipinski definition) is 2. The zero-order chi connectivity index (χ0) is 36.7. The fraction of sp³-hybridized carbons (Fsp3) is 0.0227. The van der Waals surface area contributed by atoms with E-state index in [2.05, 4.69) is 92.8 Å². The molecule has 0 spiro atoms. The number of nitrogens with one attached hydrogen (secondary N) is 2. The van der Waals surface area contributed by atoms with Crippen LogP contribution in [0.3, 0.4) is 0 Å². The molecule has 0 bridgehead atoms. The lowest BCUT2D eigenvalue weighted by Crippen LogP contribution is -2.21. The van der Waals surface area contributed by atoms with Crippen molar-refractivity contribution in [1.29, 1.82) is 0 Å². The van der Waals surface area contributed by atoms with E-state index in [4.69, 9.17) is 30.0 Å². The van der Waals surface area contributed by atoms with E-state index in [1.54, 1.807) is 23.9 Å². The van der Waals surface area contributed by atoms with Crippen LogP contribution in [0.15, 0.2) is 146 Å². The lowest BCUT2D eigenvalue weighted by atomic mass is 9.90. The summed E-state index contributed by atoms with van der Waals surface area (Å²) in [6.45, 7) is 0.750. The minimum Gasteiger partial charge on any atom is -0.344 e. The van der Waals surface area contributed by atoms with Gasteiger partial charge in [0.15, 0.2) is 11.5 Å². The second-order valence-electron chi connectivity index (χ2n) is 13.7. The first-order valence-electron chi connectivity index (χ1n) is 18.2. The number of pyridine rings is 1. The number of nitrogens with zero attached hydrogens (tertiary/aromatic N) is 9. The lowest BCUT2D eigenvalue weighted by Gasteiger charge is -2.29. The highest BCUT2D eigenvalue weighted by molar-refractivity contribution is 7.21. The molecule has 0 atom stereocenters. The van der Waals surface area contributed by atoms with Gasteiger partial charge in [0.2, 0.25) is 0 Å². The predicted molar refractivity (Wildman–Crippen MR) is 222 cm³/mol. The molecule has 0 amide bonds. The highest BCUT2D eigenvalue weighted by Crippen LogP contribution is 2.48. The topological polar surface area (TPSA) is 130 Å². The van der Waals surface area contributed by atoms with Gasteiger partial charge in [0, 0.05) is 34.7 Å². The van der Waals surface area contributed by atoms with Crippen LogP contribution < -0.4 is 0 Å². The summed E-state index contributed by atoms with van der Waals surface area (Å²) in [7, 11) is 0. The summed E-state index contributed by atoms with van der Waals surface area (Å²) >= 11 is 1.63. The Kier molecular flexibility index (Phi) is 6.59. The molecule has 2 N–H and O–H groups in total. The first-order valence-corrected chi connectivity index (χ1v) is 19.0. The molecular weight excluding hydrogens is 715 g/mol. The number of aromatic amines is 2. The van der Waals surface area contributed by atoms with E-state index in [0.29, 0.717) is 17.3 Å². The molecule has 0 saturated heterocycles. The maximum absolute atomic E-state index is 5.60. The zero-order valence-corrected chi connectivity index (χ0v) is 30.2. The van der Waals surface area contributed by atoms with Crippen molar-refractivity contribution in [2.24, 2.45) is 0 Å². The third-order valence-corrected chi connectivity index (χ3v) is 11.5. The molecule has 10 aromatic rings. The molecule has 12 heteroatoms. The standard InChI is InChI=1S/C44H27N11S/c1-5-15-32-25(10-1)22-48-55(32)34-19-18-30-36(37(34)43-50-27-12-2-3-13-28(27)51-43)38(44-52-29-14-4-6-17-35(29)56-44)39(42-45-23-31-41(53-42)47-24-46-31)40(49-30)26-11-9-21-54-20-8-7-16-33(26)54/h1-20,22-24H,21H2,(H,50,51)(H,45,46,47,53). The Hall–Kier alpha value is -7.57. The largest absolute Gasteiger partial charge is 0.344 e. The highest BCUT2D eigenvalue weighted by atomic mass is 32.1. The van der Waals surface area contributed by atoms with Gasteiger partial charge < -0.3 is 14.9 Å². The van der Waals surface area contributed by atoms with Crippen molar-refractivity contribution < 1.29 is 0 Å². The number of allylic oxidation sites excluding steroid dienone is 5. The first kappa shape index (κ1) is 30.8. The van der Waals surface area contributed by atoms with E-state index in [1.807, 2.05) is 59.4 Å². The van der Waals surface area contributed by atoms with Crippen molar-refractivity contribution in [2.45, 2.75) is 0 Å². The number of benzene rings is 4. The van der Waals surface area contributed by atoms with Crippen molar-refractivity contribution >= 4 is 71.1 Å². The van der Waals surface area contributed by atoms with Crippen LogP contribution in [-0.4, -0.2) is 61.1 Å². The van der Waals surface area contributed by atoms with Gasteiger partial charge in [-0.25, -0.2) is 34.6 Å². The Morgan fingerprint density at radius 2 is 1.59 bits per heavy atom. The van der Waals surface area contributed by atoms with Crippen molar-refractivity contribution in [3.8, 4) is 39.0 Å². The molecule has 56 heavy (non-hydrogen) atoms. The van der Waals surface area contributed by atoms with Crippen LogP contribution in [0.4, 0.5) is 0 Å². The summed E-state index contributed by atoms with van der Waals surface area (Å²) in [6.07, 6.45) is 18.0. The van der Waals surface area contributed by atoms with E-state index in [1.165, 1.54) is 0 Å². The van der Waals surface area contributed by atoms with E-state index in [0.717, 1.165) is 99.5 Å². The Bertz CT molecular complexity index is 3310. The average molecular weight is 742 g/mol. The van der Waals surface area contributed by atoms with Crippen LogP contribution >= 0.6 is 11.3 Å². The molecule has 8 heterocycles. The Morgan fingerprint density at radius 3 is 2.54 bits per heavy atom. The Morgan fingerprint density at radius 1 is 0.696 bits per heavy atom. The van der Waals surface area contributed by atoms with Gasteiger partial charge in [-0.15, -0.1) is 11.3 Å². The second kappa shape index (κ2) is 12.0. The molecule has 264 valence electrons. The van der Waals surface area contributed by atoms with Gasteiger partial charge in [0.1, 0.15) is 16.3 Å². The number of H-pyrrole nitrogens is 2. The van der Waals surface area contributed by atoms with E-state index >= 15 is 0 Å². The molecule has 6 aromatic heterocycles. The van der Waals surface area contributed by atoms with Crippen LogP contribution in [0.2, 0.25) is 0 Å². The monoisotopic (exact) mass is 741 g/mol. The summed E-state index contributed by atoms with van der Waals surface area (Å²) < 4.78 is 3.06. The normalized spacial score (nSPS) is 14.0. The molecule has 0 aliphatic carbocycles.